The van der Waals surface area contributed by atoms with Crippen LogP contribution >= 0.6 is 11.3 Å². The van der Waals surface area contributed by atoms with Crippen molar-refractivity contribution in [3.8, 4) is 11.5 Å². The topological polar surface area (TPSA) is 79.1 Å². The third-order valence-corrected chi connectivity index (χ3v) is 8.52. The Bertz CT molecular complexity index is 2100. The van der Waals surface area contributed by atoms with E-state index < -0.39 is 12.0 Å². The normalized spacial score (nSPS) is 14.7. The van der Waals surface area contributed by atoms with E-state index in [1.54, 1.807) is 30.5 Å². The number of allylic oxidation sites excluding steroid dienone is 1. The molecule has 0 spiro atoms. The van der Waals surface area contributed by atoms with Crippen molar-refractivity contribution in [3.63, 3.8) is 0 Å². The number of hydrogen-bond donors (Lipinski definition) is 0. The number of thiazole rings is 1. The zero-order valence-electron chi connectivity index (χ0n) is 25.1. The predicted octanol–water partition coefficient (Wildman–Crippen LogP) is 6.07. The van der Waals surface area contributed by atoms with Crippen LogP contribution in [0.2, 0.25) is 0 Å². The number of ether oxygens (including phenoxy) is 3. The summed E-state index contributed by atoms with van der Waals surface area (Å²) in [6.45, 7) is 6.35. The number of hydrogen-bond acceptors (Lipinski definition) is 7. The quantitative estimate of drug-likeness (QED) is 0.187. The number of fused-ring (bicyclic) bond motifs is 2. The van der Waals surface area contributed by atoms with Crippen LogP contribution in [-0.2, 0) is 16.1 Å². The number of nitrogens with zero attached hydrogens (tertiary/aromatic N) is 2. The molecule has 0 fully saturated rings. The zero-order valence-corrected chi connectivity index (χ0v) is 25.9. The standard InChI is InChI=1S/C36H31FN2O5S/c1-4-42-27-17-12-25(13-18-27)33-32(35(41)43-5-2)22(3)38-36-39(33)34(40)31(45-36)20-29-28-9-7-6-8-24(28)14-19-30(29)44-21-23-10-15-26(37)16-11-23/h6-20,33H,4-5,21H2,1-3H3/b31-20-/t33-/m0/s1. The first-order valence-electron chi connectivity index (χ1n) is 14.7. The fraction of sp³-hybridized carbons (Fsp3) is 0.194. The van der Waals surface area contributed by atoms with Gasteiger partial charge in [-0.25, -0.2) is 14.2 Å². The number of rotatable bonds is 9. The lowest BCUT2D eigenvalue weighted by Gasteiger charge is -2.24. The maximum atomic E-state index is 14.3. The average Bonchev–Trinajstić information content (AvgIpc) is 3.35. The summed E-state index contributed by atoms with van der Waals surface area (Å²) in [5, 5.41) is 1.89. The van der Waals surface area contributed by atoms with E-state index in [0.29, 0.717) is 38.7 Å². The van der Waals surface area contributed by atoms with Crippen LogP contribution in [0, 0.1) is 5.82 Å². The molecule has 228 valence electrons. The highest BCUT2D eigenvalue weighted by Crippen LogP contribution is 2.32. The van der Waals surface area contributed by atoms with Gasteiger partial charge in [-0.2, -0.15) is 0 Å². The average molecular weight is 623 g/mol. The van der Waals surface area contributed by atoms with Crippen LogP contribution in [0.15, 0.2) is 106 Å². The molecule has 1 aliphatic rings. The van der Waals surface area contributed by atoms with E-state index in [1.807, 2.05) is 73.7 Å². The van der Waals surface area contributed by atoms with Crippen LogP contribution in [0.3, 0.4) is 0 Å². The number of halogens is 1. The van der Waals surface area contributed by atoms with E-state index in [-0.39, 0.29) is 24.6 Å². The largest absolute Gasteiger partial charge is 0.494 e. The Morgan fingerprint density at radius 3 is 2.44 bits per heavy atom. The molecule has 0 bridgehead atoms. The molecular formula is C36H31FN2O5S. The van der Waals surface area contributed by atoms with Crippen molar-refractivity contribution in [3.05, 3.63) is 138 Å². The molecule has 0 N–H and O–H groups in total. The van der Waals surface area contributed by atoms with Gasteiger partial charge in [-0.1, -0.05) is 65.9 Å². The first-order valence-corrected chi connectivity index (χ1v) is 15.5. The first kappa shape index (κ1) is 30.0. The van der Waals surface area contributed by atoms with Crippen molar-refractivity contribution < 1.29 is 23.4 Å². The SMILES string of the molecule is CCOC(=O)C1=C(C)N=c2s/c(=C\c3c(OCc4ccc(F)cc4)ccc4ccccc34)c(=O)n2[C@H]1c1ccc(OCC)cc1. The van der Waals surface area contributed by atoms with Gasteiger partial charge in [-0.05, 0) is 79.1 Å². The smallest absolute Gasteiger partial charge is 0.338 e. The Kier molecular flexibility index (Phi) is 8.62. The van der Waals surface area contributed by atoms with Crippen LogP contribution in [0.5, 0.6) is 11.5 Å². The van der Waals surface area contributed by atoms with Gasteiger partial charge in [0.15, 0.2) is 4.80 Å². The summed E-state index contributed by atoms with van der Waals surface area (Å²) in [7, 11) is 0. The summed E-state index contributed by atoms with van der Waals surface area (Å²) in [5.41, 5.74) is 2.80. The molecule has 7 nitrogen and oxygen atoms in total. The molecule has 5 aromatic rings. The maximum absolute atomic E-state index is 14.3. The van der Waals surface area contributed by atoms with Gasteiger partial charge >= 0.3 is 5.97 Å². The lowest BCUT2D eigenvalue weighted by Crippen LogP contribution is -2.39. The van der Waals surface area contributed by atoms with Crippen molar-refractivity contribution in [2.45, 2.75) is 33.4 Å². The first-order chi connectivity index (χ1) is 21.9. The Labute approximate surface area is 263 Å². The zero-order chi connectivity index (χ0) is 31.5. The fourth-order valence-electron chi connectivity index (χ4n) is 5.44. The molecule has 0 aliphatic carbocycles. The number of carbonyl (C=O) groups excluding carboxylic acids is 1. The van der Waals surface area contributed by atoms with Crippen LogP contribution in [0.4, 0.5) is 4.39 Å². The molecule has 0 unspecified atom stereocenters. The highest BCUT2D eigenvalue weighted by atomic mass is 32.1. The van der Waals surface area contributed by atoms with Gasteiger partial charge in [-0.3, -0.25) is 9.36 Å². The molecule has 0 saturated carbocycles. The van der Waals surface area contributed by atoms with E-state index in [0.717, 1.165) is 27.5 Å². The lowest BCUT2D eigenvalue weighted by molar-refractivity contribution is -0.139. The molecule has 45 heavy (non-hydrogen) atoms. The van der Waals surface area contributed by atoms with E-state index in [2.05, 4.69) is 0 Å². The Hall–Kier alpha value is -5.02. The van der Waals surface area contributed by atoms with E-state index >= 15 is 0 Å². The second-order valence-electron chi connectivity index (χ2n) is 10.4. The van der Waals surface area contributed by atoms with Crippen molar-refractivity contribution in [1.29, 1.82) is 0 Å². The van der Waals surface area contributed by atoms with E-state index in [1.165, 1.54) is 23.5 Å². The number of aromatic nitrogens is 1. The summed E-state index contributed by atoms with van der Waals surface area (Å²) >= 11 is 1.25. The van der Waals surface area contributed by atoms with Crippen LogP contribution < -0.4 is 24.4 Å². The Morgan fingerprint density at radius 2 is 1.71 bits per heavy atom. The van der Waals surface area contributed by atoms with Crippen LogP contribution in [0.25, 0.3) is 16.8 Å². The van der Waals surface area contributed by atoms with Crippen molar-refractivity contribution in [1.82, 2.24) is 4.57 Å². The molecule has 0 amide bonds. The van der Waals surface area contributed by atoms with Gasteiger partial charge in [-0.15, -0.1) is 0 Å². The number of esters is 1. The van der Waals surface area contributed by atoms with Gasteiger partial charge in [0, 0.05) is 5.56 Å². The summed E-state index contributed by atoms with van der Waals surface area (Å²) in [5.74, 6) is 0.439. The minimum absolute atomic E-state index is 0.192. The molecule has 0 radical (unpaired) electrons. The van der Waals surface area contributed by atoms with Gasteiger partial charge in [0.1, 0.15) is 23.9 Å². The van der Waals surface area contributed by atoms with Crippen molar-refractivity contribution >= 4 is 34.2 Å². The van der Waals surface area contributed by atoms with E-state index in [4.69, 9.17) is 19.2 Å². The predicted molar refractivity (Wildman–Crippen MR) is 173 cm³/mol. The molecule has 1 aromatic heterocycles. The second kappa shape index (κ2) is 12.9. The summed E-state index contributed by atoms with van der Waals surface area (Å²) in [6.07, 6.45) is 1.82. The third-order valence-electron chi connectivity index (χ3n) is 7.54. The second-order valence-corrected chi connectivity index (χ2v) is 11.4. The minimum atomic E-state index is -0.736. The molecular weight excluding hydrogens is 591 g/mol. The van der Waals surface area contributed by atoms with Gasteiger partial charge in [0.25, 0.3) is 5.56 Å². The maximum Gasteiger partial charge on any atom is 0.338 e. The third kappa shape index (κ3) is 6.04. The lowest BCUT2D eigenvalue weighted by atomic mass is 9.96. The fourth-order valence-corrected chi connectivity index (χ4v) is 6.47. The van der Waals surface area contributed by atoms with Crippen LogP contribution in [-0.4, -0.2) is 23.8 Å². The van der Waals surface area contributed by atoms with Gasteiger partial charge in [0.2, 0.25) is 0 Å². The summed E-state index contributed by atoms with van der Waals surface area (Å²) in [4.78, 5) is 32.7. The minimum Gasteiger partial charge on any atom is -0.494 e. The molecule has 1 atom stereocenters. The summed E-state index contributed by atoms with van der Waals surface area (Å²) < 4.78 is 32.7. The Balaban J connectivity index is 1.50. The molecule has 0 saturated heterocycles. The number of benzene rings is 4. The highest BCUT2D eigenvalue weighted by molar-refractivity contribution is 7.07. The van der Waals surface area contributed by atoms with Gasteiger partial charge in [0.05, 0.1) is 35.1 Å². The monoisotopic (exact) mass is 622 g/mol. The van der Waals surface area contributed by atoms with Gasteiger partial charge < -0.3 is 14.2 Å². The van der Waals surface area contributed by atoms with Crippen molar-refractivity contribution in [2.24, 2.45) is 4.99 Å². The summed E-state index contributed by atoms with van der Waals surface area (Å²) in [6, 6.07) is 24.5. The molecule has 4 aromatic carbocycles. The molecule has 9 heteroatoms. The van der Waals surface area contributed by atoms with E-state index in [9.17, 15) is 14.0 Å². The molecule has 2 heterocycles. The van der Waals surface area contributed by atoms with Crippen LogP contribution in [0.1, 0.15) is 43.5 Å². The Morgan fingerprint density at radius 1 is 0.956 bits per heavy atom. The highest BCUT2D eigenvalue weighted by Gasteiger charge is 2.33. The molecule has 1 aliphatic heterocycles. The number of carbonyl (C=O) groups is 1. The molecule has 6 rings (SSSR count). The van der Waals surface area contributed by atoms with Crippen molar-refractivity contribution in [2.75, 3.05) is 13.2 Å².